The molecule has 0 aliphatic carbocycles. The van der Waals surface area contributed by atoms with Crippen molar-refractivity contribution >= 4 is 17.7 Å². The summed E-state index contributed by atoms with van der Waals surface area (Å²) in [7, 11) is 0. The molecule has 2 aliphatic rings. The minimum absolute atomic E-state index is 0.0829. The summed E-state index contributed by atoms with van der Waals surface area (Å²) < 4.78 is 5.78. The van der Waals surface area contributed by atoms with E-state index in [9.17, 15) is 14.4 Å². The van der Waals surface area contributed by atoms with Crippen LogP contribution in [0, 0.1) is 5.41 Å². The van der Waals surface area contributed by atoms with E-state index >= 15 is 0 Å². The fourth-order valence-electron chi connectivity index (χ4n) is 2.77. The molecular formula is C16H24N2O4. The summed E-state index contributed by atoms with van der Waals surface area (Å²) in [6.07, 6.45) is 3.69. The monoisotopic (exact) mass is 308 g/mol. The van der Waals surface area contributed by atoms with Gasteiger partial charge in [-0.15, -0.1) is 0 Å². The van der Waals surface area contributed by atoms with Crippen molar-refractivity contribution in [2.75, 3.05) is 13.1 Å². The first-order valence-electron chi connectivity index (χ1n) is 7.67. The quantitative estimate of drug-likeness (QED) is 0.562. The first kappa shape index (κ1) is 16.7. The second-order valence-corrected chi connectivity index (χ2v) is 6.84. The molecule has 1 N–H and O–H groups in total. The highest BCUT2D eigenvalue weighted by Crippen LogP contribution is 2.48. The first-order valence-corrected chi connectivity index (χ1v) is 7.67. The summed E-state index contributed by atoms with van der Waals surface area (Å²) in [6.45, 7) is 8.98. The zero-order valence-electron chi connectivity index (χ0n) is 13.6. The zero-order chi connectivity index (χ0) is 16.5. The van der Waals surface area contributed by atoms with E-state index in [1.807, 2.05) is 6.92 Å². The van der Waals surface area contributed by atoms with Crippen molar-refractivity contribution in [3.8, 4) is 0 Å². The van der Waals surface area contributed by atoms with Gasteiger partial charge < -0.3 is 10.1 Å². The number of hydrogen-bond donors (Lipinski definition) is 1. The number of imide groups is 1. The predicted octanol–water partition coefficient (Wildman–Crippen LogP) is 1.01. The molecule has 0 radical (unpaired) electrons. The van der Waals surface area contributed by atoms with Crippen LogP contribution in [0.3, 0.4) is 0 Å². The number of carbonyl (C=O) groups excluding carboxylic acids is 3. The molecule has 0 aromatic carbocycles. The van der Waals surface area contributed by atoms with Gasteiger partial charge >= 0.3 is 0 Å². The molecule has 1 saturated heterocycles. The van der Waals surface area contributed by atoms with Crippen molar-refractivity contribution in [1.82, 2.24) is 10.2 Å². The van der Waals surface area contributed by atoms with E-state index in [4.69, 9.17) is 4.74 Å². The van der Waals surface area contributed by atoms with Crippen LogP contribution in [0.1, 0.15) is 40.5 Å². The van der Waals surface area contributed by atoms with Crippen LogP contribution < -0.4 is 5.32 Å². The van der Waals surface area contributed by atoms with E-state index in [1.54, 1.807) is 0 Å². The lowest BCUT2D eigenvalue weighted by atomic mass is 9.81. The Bertz CT molecular complexity index is 508. The van der Waals surface area contributed by atoms with Gasteiger partial charge in [0.1, 0.15) is 5.60 Å². The molecule has 122 valence electrons. The van der Waals surface area contributed by atoms with Gasteiger partial charge in [-0.1, -0.05) is 20.8 Å². The van der Waals surface area contributed by atoms with Crippen LogP contribution in [0.25, 0.3) is 0 Å². The number of epoxide rings is 1. The average molecular weight is 308 g/mol. The molecule has 0 bridgehead atoms. The molecule has 2 atom stereocenters. The highest BCUT2D eigenvalue weighted by molar-refractivity contribution is 6.13. The summed E-state index contributed by atoms with van der Waals surface area (Å²) >= 11 is 0. The molecular weight excluding hydrogens is 284 g/mol. The molecule has 1 fully saturated rings. The van der Waals surface area contributed by atoms with Crippen LogP contribution >= 0.6 is 0 Å². The molecule has 3 amide bonds. The molecule has 0 spiro atoms. The van der Waals surface area contributed by atoms with Crippen LogP contribution in [0.5, 0.6) is 0 Å². The number of rotatable bonds is 7. The number of ether oxygens (including phenoxy) is 1. The summed E-state index contributed by atoms with van der Waals surface area (Å²) in [5.74, 6) is -0.905. The number of amides is 3. The number of hydrogen-bond acceptors (Lipinski definition) is 4. The second-order valence-electron chi connectivity index (χ2n) is 6.84. The van der Waals surface area contributed by atoms with Crippen molar-refractivity contribution in [3.05, 3.63) is 12.2 Å². The third-order valence-corrected chi connectivity index (χ3v) is 4.61. The maximum atomic E-state index is 11.9. The Hall–Kier alpha value is -1.69. The Labute approximate surface area is 130 Å². The standard InChI is InChI=1S/C16H24N2O4/c1-5-15(2,3)14-16(4,22-14)10-17-11(19)8-9-18-12(20)6-7-13(18)21/h6-7,14H,5,8-10H2,1-4H3,(H,17,19). The molecule has 2 rings (SSSR count). The summed E-state index contributed by atoms with van der Waals surface area (Å²) in [5.41, 5.74) is -0.241. The van der Waals surface area contributed by atoms with E-state index in [1.165, 1.54) is 12.2 Å². The van der Waals surface area contributed by atoms with Gasteiger partial charge in [-0.3, -0.25) is 19.3 Å². The maximum Gasteiger partial charge on any atom is 0.253 e. The van der Waals surface area contributed by atoms with Gasteiger partial charge in [-0.2, -0.15) is 0 Å². The molecule has 2 heterocycles. The van der Waals surface area contributed by atoms with Gasteiger partial charge in [0.15, 0.2) is 0 Å². The number of nitrogens with zero attached hydrogens (tertiary/aromatic N) is 1. The van der Waals surface area contributed by atoms with Crippen LogP contribution in [-0.2, 0) is 19.1 Å². The van der Waals surface area contributed by atoms with Crippen LogP contribution in [0.4, 0.5) is 0 Å². The maximum absolute atomic E-state index is 11.9. The Morgan fingerprint density at radius 1 is 1.36 bits per heavy atom. The van der Waals surface area contributed by atoms with E-state index in [0.29, 0.717) is 6.54 Å². The van der Waals surface area contributed by atoms with Gasteiger partial charge in [0.25, 0.3) is 11.8 Å². The van der Waals surface area contributed by atoms with Gasteiger partial charge in [-0.05, 0) is 18.8 Å². The van der Waals surface area contributed by atoms with Crippen molar-refractivity contribution in [3.63, 3.8) is 0 Å². The highest BCUT2D eigenvalue weighted by Gasteiger charge is 2.58. The minimum atomic E-state index is -0.361. The van der Waals surface area contributed by atoms with Gasteiger partial charge in [0.2, 0.25) is 5.91 Å². The minimum Gasteiger partial charge on any atom is -0.364 e. The molecule has 0 aromatic heterocycles. The van der Waals surface area contributed by atoms with E-state index in [-0.39, 0.29) is 47.8 Å². The van der Waals surface area contributed by atoms with Gasteiger partial charge in [-0.25, -0.2) is 0 Å². The van der Waals surface area contributed by atoms with Crippen molar-refractivity contribution < 1.29 is 19.1 Å². The second kappa shape index (κ2) is 5.83. The van der Waals surface area contributed by atoms with E-state index in [0.717, 1.165) is 11.3 Å². The van der Waals surface area contributed by atoms with E-state index in [2.05, 4.69) is 26.1 Å². The Morgan fingerprint density at radius 3 is 2.50 bits per heavy atom. The highest BCUT2D eigenvalue weighted by atomic mass is 16.6. The van der Waals surface area contributed by atoms with Crippen LogP contribution in [-0.4, -0.2) is 47.4 Å². The molecule has 0 saturated carbocycles. The third-order valence-electron chi connectivity index (χ3n) is 4.61. The Morgan fingerprint density at radius 2 is 1.95 bits per heavy atom. The lowest BCUT2D eigenvalue weighted by Gasteiger charge is -2.22. The zero-order valence-corrected chi connectivity index (χ0v) is 13.6. The third kappa shape index (κ3) is 3.38. The molecule has 0 aromatic rings. The largest absolute Gasteiger partial charge is 0.364 e. The van der Waals surface area contributed by atoms with Gasteiger partial charge in [0.05, 0.1) is 6.10 Å². The fraction of sp³-hybridized carbons (Fsp3) is 0.688. The topological polar surface area (TPSA) is 79.0 Å². The van der Waals surface area contributed by atoms with Crippen molar-refractivity contribution in [2.24, 2.45) is 5.41 Å². The number of carbonyl (C=O) groups is 3. The van der Waals surface area contributed by atoms with Crippen LogP contribution in [0.15, 0.2) is 12.2 Å². The summed E-state index contributed by atoms with van der Waals surface area (Å²) in [5, 5.41) is 2.83. The Kier molecular flexibility index (Phi) is 4.42. The Balaban J connectivity index is 1.73. The first-order chi connectivity index (χ1) is 10.2. The van der Waals surface area contributed by atoms with Crippen molar-refractivity contribution in [2.45, 2.75) is 52.2 Å². The average Bonchev–Trinajstić information content (AvgIpc) is 3.06. The lowest BCUT2D eigenvalue weighted by molar-refractivity contribution is -0.137. The normalized spacial score (nSPS) is 27.5. The van der Waals surface area contributed by atoms with Crippen LogP contribution in [0.2, 0.25) is 0 Å². The molecule has 6 nitrogen and oxygen atoms in total. The predicted molar refractivity (Wildman–Crippen MR) is 80.8 cm³/mol. The summed E-state index contributed by atoms with van der Waals surface area (Å²) in [6, 6.07) is 0. The summed E-state index contributed by atoms with van der Waals surface area (Å²) in [4.78, 5) is 35.7. The lowest BCUT2D eigenvalue weighted by Crippen LogP contribution is -2.39. The molecule has 2 aliphatic heterocycles. The molecule has 22 heavy (non-hydrogen) atoms. The molecule has 2 unspecified atom stereocenters. The number of nitrogens with one attached hydrogen (secondary N) is 1. The smallest absolute Gasteiger partial charge is 0.253 e. The van der Waals surface area contributed by atoms with E-state index < -0.39 is 0 Å². The SMILES string of the molecule is CCC(C)(C)C1OC1(C)CNC(=O)CCN1C(=O)C=CC1=O. The van der Waals surface area contributed by atoms with Crippen molar-refractivity contribution in [1.29, 1.82) is 0 Å². The molecule has 6 heteroatoms. The van der Waals surface area contributed by atoms with Gasteiger partial charge in [0, 0.05) is 31.7 Å². The fourth-order valence-corrected chi connectivity index (χ4v) is 2.77.